The maximum atomic E-state index is 12.4. The van der Waals surface area contributed by atoms with Gasteiger partial charge in [-0.25, -0.2) is 4.98 Å². The molecule has 0 spiro atoms. The molecular weight excluding hydrogens is 312 g/mol. The number of imidazole rings is 1. The summed E-state index contributed by atoms with van der Waals surface area (Å²) in [6, 6.07) is -0.351. The third-order valence-electron chi connectivity index (χ3n) is 3.76. The Balaban J connectivity index is 1.85. The van der Waals surface area contributed by atoms with Gasteiger partial charge in [-0.05, 0) is 5.41 Å². The number of hydrogen-bond acceptors (Lipinski definition) is 4. The second-order valence-electron chi connectivity index (χ2n) is 7.11. The summed E-state index contributed by atoms with van der Waals surface area (Å²) >= 11 is 1.63. The number of aromatic nitrogens is 2. The molecule has 0 aromatic carbocycles. The van der Waals surface area contributed by atoms with E-state index in [1.54, 1.807) is 22.9 Å². The smallest absolute Gasteiger partial charge is 0.243 e. The monoisotopic (exact) mass is 338 g/mol. The minimum Gasteiger partial charge on any atom is -0.354 e. The molecule has 2 amide bonds. The third kappa shape index (κ3) is 4.99. The predicted molar refractivity (Wildman–Crippen MR) is 92.0 cm³/mol. The van der Waals surface area contributed by atoms with Crippen LogP contribution in [0.1, 0.15) is 33.0 Å². The molecule has 0 radical (unpaired) electrons. The van der Waals surface area contributed by atoms with Gasteiger partial charge >= 0.3 is 0 Å². The van der Waals surface area contributed by atoms with Crippen molar-refractivity contribution in [3.63, 3.8) is 0 Å². The van der Waals surface area contributed by atoms with Crippen molar-refractivity contribution >= 4 is 23.6 Å². The van der Waals surface area contributed by atoms with E-state index in [1.807, 2.05) is 38.6 Å². The summed E-state index contributed by atoms with van der Waals surface area (Å²) in [6.07, 6.45) is 4.78. The number of aryl methyl sites for hydroxylation is 1. The maximum Gasteiger partial charge on any atom is 0.243 e. The molecule has 0 bridgehead atoms. The molecule has 7 heteroatoms. The Bertz CT molecular complexity index is 565. The van der Waals surface area contributed by atoms with Crippen molar-refractivity contribution < 1.29 is 9.59 Å². The number of rotatable bonds is 5. The van der Waals surface area contributed by atoms with Crippen molar-refractivity contribution in [1.82, 2.24) is 19.8 Å². The fraction of sp³-hybridized carbons (Fsp3) is 0.688. The minimum atomic E-state index is -0.351. The van der Waals surface area contributed by atoms with Crippen LogP contribution in [0.4, 0.5) is 0 Å². The Morgan fingerprint density at radius 2 is 2.17 bits per heavy atom. The molecule has 1 aromatic heterocycles. The zero-order valence-corrected chi connectivity index (χ0v) is 15.2. The minimum absolute atomic E-state index is 0.0618. The number of thioether (sulfide) groups is 1. The molecule has 1 atom stereocenters. The van der Waals surface area contributed by atoms with Crippen molar-refractivity contribution in [3.05, 3.63) is 18.2 Å². The average Bonchev–Trinajstić information content (AvgIpc) is 3.06. The first-order valence-corrected chi connectivity index (χ1v) is 9.04. The summed E-state index contributed by atoms with van der Waals surface area (Å²) in [4.78, 5) is 30.7. The molecule has 1 unspecified atom stereocenters. The van der Waals surface area contributed by atoms with Gasteiger partial charge in [0.1, 0.15) is 11.9 Å². The van der Waals surface area contributed by atoms with Gasteiger partial charge in [0.15, 0.2) is 0 Å². The van der Waals surface area contributed by atoms with Crippen molar-refractivity contribution in [2.75, 3.05) is 18.2 Å². The molecule has 2 heterocycles. The first-order valence-electron chi connectivity index (χ1n) is 7.89. The molecule has 1 N–H and O–H groups in total. The molecule has 23 heavy (non-hydrogen) atoms. The van der Waals surface area contributed by atoms with Crippen molar-refractivity contribution in [2.45, 2.75) is 39.7 Å². The molecular formula is C16H26N4O2S. The molecule has 6 nitrogen and oxygen atoms in total. The molecule has 2 rings (SSSR count). The van der Waals surface area contributed by atoms with E-state index in [1.165, 1.54) is 0 Å². The fourth-order valence-corrected chi connectivity index (χ4v) is 3.69. The van der Waals surface area contributed by atoms with Gasteiger partial charge < -0.3 is 14.8 Å². The first-order chi connectivity index (χ1) is 10.8. The molecule has 0 saturated carbocycles. The van der Waals surface area contributed by atoms with Gasteiger partial charge in [0.2, 0.25) is 11.8 Å². The van der Waals surface area contributed by atoms with Gasteiger partial charge in [-0.1, -0.05) is 20.8 Å². The Hall–Kier alpha value is -1.50. The van der Waals surface area contributed by atoms with Crippen LogP contribution in [0, 0.1) is 5.41 Å². The van der Waals surface area contributed by atoms with E-state index >= 15 is 0 Å². The fourth-order valence-electron chi connectivity index (χ4n) is 2.51. The van der Waals surface area contributed by atoms with Crippen LogP contribution in [-0.4, -0.2) is 50.5 Å². The molecule has 1 saturated heterocycles. The first kappa shape index (κ1) is 17.8. The van der Waals surface area contributed by atoms with Gasteiger partial charge in [-0.15, -0.1) is 11.8 Å². The van der Waals surface area contributed by atoms with Crippen molar-refractivity contribution in [3.8, 4) is 0 Å². The van der Waals surface area contributed by atoms with Crippen LogP contribution in [0.3, 0.4) is 0 Å². The molecule has 128 valence electrons. The standard InChI is InChI=1S/C16H26N4O2S/c1-16(2,3)9-14(21)20-11-23-10-12(20)15(22)18-6-5-13-17-7-8-19(13)4/h7-8,12H,5-6,9-11H2,1-4H3,(H,18,22). The quantitative estimate of drug-likeness (QED) is 0.882. The third-order valence-corrected chi connectivity index (χ3v) is 4.77. The Labute approximate surface area is 142 Å². The molecule has 1 aromatic rings. The van der Waals surface area contributed by atoms with Gasteiger partial charge in [-0.3, -0.25) is 9.59 Å². The Morgan fingerprint density at radius 3 is 2.78 bits per heavy atom. The van der Waals surface area contributed by atoms with Crippen LogP contribution in [0.2, 0.25) is 0 Å². The van der Waals surface area contributed by atoms with Crippen LogP contribution in [-0.2, 0) is 23.1 Å². The number of carbonyl (C=O) groups is 2. The lowest BCUT2D eigenvalue weighted by atomic mass is 9.91. The Morgan fingerprint density at radius 1 is 1.43 bits per heavy atom. The molecule has 1 aliphatic rings. The topological polar surface area (TPSA) is 67.2 Å². The van der Waals surface area contributed by atoms with E-state index in [9.17, 15) is 9.59 Å². The van der Waals surface area contributed by atoms with E-state index in [4.69, 9.17) is 0 Å². The van der Waals surface area contributed by atoms with E-state index in [2.05, 4.69) is 10.3 Å². The number of nitrogens with one attached hydrogen (secondary N) is 1. The van der Waals surface area contributed by atoms with E-state index < -0.39 is 0 Å². The summed E-state index contributed by atoms with van der Waals surface area (Å²) in [7, 11) is 1.94. The number of hydrogen-bond donors (Lipinski definition) is 1. The number of nitrogens with zero attached hydrogens (tertiary/aromatic N) is 3. The van der Waals surface area contributed by atoms with Crippen molar-refractivity contribution in [1.29, 1.82) is 0 Å². The van der Waals surface area contributed by atoms with Gasteiger partial charge in [0, 0.05) is 44.6 Å². The summed E-state index contributed by atoms with van der Waals surface area (Å²) in [5, 5.41) is 2.94. The van der Waals surface area contributed by atoms with Crippen molar-refractivity contribution in [2.24, 2.45) is 12.5 Å². The molecule has 1 fully saturated rings. The van der Waals surface area contributed by atoms with Crippen LogP contribution in [0.5, 0.6) is 0 Å². The highest BCUT2D eigenvalue weighted by atomic mass is 32.2. The number of amides is 2. The lowest BCUT2D eigenvalue weighted by molar-refractivity contribution is -0.139. The molecule has 1 aliphatic heterocycles. The van der Waals surface area contributed by atoms with Gasteiger partial charge in [0.25, 0.3) is 0 Å². The lowest BCUT2D eigenvalue weighted by Gasteiger charge is -2.26. The second kappa shape index (κ2) is 7.38. The zero-order valence-electron chi connectivity index (χ0n) is 14.3. The van der Waals surface area contributed by atoms with E-state index in [0.717, 1.165) is 5.82 Å². The average molecular weight is 338 g/mol. The largest absolute Gasteiger partial charge is 0.354 e. The number of carbonyl (C=O) groups excluding carboxylic acids is 2. The maximum absolute atomic E-state index is 12.4. The predicted octanol–water partition coefficient (Wildman–Crippen LogP) is 1.42. The van der Waals surface area contributed by atoms with Crippen LogP contribution >= 0.6 is 11.8 Å². The van der Waals surface area contributed by atoms with E-state index in [0.29, 0.717) is 31.0 Å². The highest BCUT2D eigenvalue weighted by Gasteiger charge is 2.35. The van der Waals surface area contributed by atoms with Crippen LogP contribution in [0.25, 0.3) is 0 Å². The highest BCUT2D eigenvalue weighted by Crippen LogP contribution is 2.26. The van der Waals surface area contributed by atoms with Gasteiger partial charge in [0.05, 0.1) is 5.88 Å². The molecule has 0 aliphatic carbocycles. The normalized spacial score (nSPS) is 18.3. The SMILES string of the molecule is Cn1ccnc1CCNC(=O)C1CSCN1C(=O)CC(C)(C)C. The lowest BCUT2D eigenvalue weighted by Crippen LogP contribution is -2.48. The summed E-state index contributed by atoms with van der Waals surface area (Å²) in [6.45, 7) is 6.65. The van der Waals surface area contributed by atoms with Crippen LogP contribution < -0.4 is 5.32 Å². The highest BCUT2D eigenvalue weighted by molar-refractivity contribution is 7.99. The zero-order chi connectivity index (χ0) is 17.0. The summed E-state index contributed by atoms with van der Waals surface area (Å²) in [5.41, 5.74) is -0.0659. The van der Waals surface area contributed by atoms with E-state index in [-0.39, 0.29) is 23.3 Å². The summed E-state index contributed by atoms with van der Waals surface area (Å²) in [5.74, 6) is 2.21. The van der Waals surface area contributed by atoms with Gasteiger partial charge in [-0.2, -0.15) is 0 Å². The van der Waals surface area contributed by atoms with Crippen LogP contribution in [0.15, 0.2) is 12.4 Å². The Kier molecular flexibility index (Phi) is 5.73. The summed E-state index contributed by atoms with van der Waals surface area (Å²) < 4.78 is 1.94. The second-order valence-corrected chi connectivity index (χ2v) is 8.11.